The maximum Gasteiger partial charge on any atom is 0.367 e. The Morgan fingerprint density at radius 3 is 3.00 bits per heavy atom. The third kappa shape index (κ3) is 2.59. The maximum absolute atomic E-state index is 10.5. The van der Waals surface area contributed by atoms with Crippen molar-refractivity contribution in [2.45, 2.75) is 13.3 Å². The van der Waals surface area contributed by atoms with Crippen LogP contribution in [-0.4, -0.2) is 31.2 Å². The smallest absolute Gasteiger partial charge is 0.367 e. The first-order valence-corrected chi connectivity index (χ1v) is 3.56. The molecule has 11 heavy (non-hydrogen) atoms. The molecule has 2 amide bonds. The van der Waals surface area contributed by atoms with Crippen LogP contribution in [0.15, 0.2) is 9.98 Å². The van der Waals surface area contributed by atoms with Crippen LogP contribution in [0.1, 0.15) is 13.3 Å². The van der Waals surface area contributed by atoms with Gasteiger partial charge in [-0.3, -0.25) is 0 Å². The molecular formula is C7H10N2O2. The third-order valence-electron chi connectivity index (χ3n) is 1.27. The minimum absolute atomic E-state index is 0.406. The third-order valence-corrected chi connectivity index (χ3v) is 1.27. The zero-order valence-electron chi connectivity index (χ0n) is 6.41. The van der Waals surface area contributed by atoms with Crippen LogP contribution in [0.4, 0.5) is 4.79 Å². The van der Waals surface area contributed by atoms with Crippen molar-refractivity contribution in [2.24, 2.45) is 9.98 Å². The van der Waals surface area contributed by atoms with E-state index < -0.39 is 6.03 Å². The highest BCUT2D eigenvalue weighted by atomic mass is 16.5. The minimum atomic E-state index is -0.406. The second-order valence-electron chi connectivity index (χ2n) is 2.09. The quantitative estimate of drug-likeness (QED) is 0.568. The number of hydrogen-bond acceptors (Lipinski definition) is 2. The predicted molar refractivity (Wildman–Crippen MR) is 42.4 cm³/mol. The van der Waals surface area contributed by atoms with Crippen molar-refractivity contribution in [1.82, 2.24) is 0 Å². The van der Waals surface area contributed by atoms with Crippen molar-refractivity contribution < 1.29 is 9.53 Å². The number of nitrogens with zero attached hydrogens (tertiary/aromatic N) is 2. The number of hydrogen-bond donors (Lipinski definition) is 0. The molecule has 0 aromatic carbocycles. The van der Waals surface area contributed by atoms with E-state index in [-0.39, 0.29) is 0 Å². The summed E-state index contributed by atoms with van der Waals surface area (Å²) >= 11 is 0. The van der Waals surface area contributed by atoms with Gasteiger partial charge in [0.15, 0.2) is 0 Å². The molecule has 1 aliphatic rings. The second-order valence-corrected chi connectivity index (χ2v) is 2.09. The normalized spacial score (nSPS) is 15.7. The van der Waals surface area contributed by atoms with Gasteiger partial charge in [0.25, 0.3) is 0 Å². The first-order valence-electron chi connectivity index (χ1n) is 3.56. The Bertz CT molecular complexity index is 208. The fraction of sp³-hybridized carbons (Fsp3) is 0.571. The Labute approximate surface area is 65.0 Å². The molecule has 0 aliphatic carbocycles. The van der Waals surface area contributed by atoms with Crippen LogP contribution < -0.4 is 0 Å². The number of amides is 2. The first-order chi connectivity index (χ1) is 5.33. The summed E-state index contributed by atoms with van der Waals surface area (Å²) in [6.07, 6.45) is 2.16. The molecule has 4 heteroatoms. The molecule has 0 aromatic heterocycles. The first kappa shape index (κ1) is 8.07. The number of carbonyl (C=O) groups is 1. The highest BCUT2D eigenvalue weighted by Gasteiger charge is 2.06. The van der Waals surface area contributed by atoms with Gasteiger partial charge in [-0.15, -0.1) is 0 Å². The Balaban J connectivity index is 2.23. The standard InChI is InChI=1S/C7H10N2O2/c1-2-11-4-3-6-5-8-7(10)9-6/h5H,2-4H2,1H3. The Kier molecular flexibility index (Phi) is 2.92. The Morgan fingerprint density at radius 2 is 2.45 bits per heavy atom. The molecule has 0 unspecified atom stereocenters. The number of rotatable bonds is 4. The topological polar surface area (TPSA) is 51.0 Å². The van der Waals surface area contributed by atoms with Gasteiger partial charge >= 0.3 is 6.03 Å². The summed E-state index contributed by atoms with van der Waals surface area (Å²) in [5.41, 5.74) is 0.712. The van der Waals surface area contributed by atoms with Crippen LogP contribution in [0.3, 0.4) is 0 Å². The van der Waals surface area contributed by atoms with Gasteiger partial charge in [0.2, 0.25) is 0 Å². The maximum atomic E-state index is 10.5. The SMILES string of the molecule is CCOCCC1=NC(=O)N=C1. The monoisotopic (exact) mass is 154 g/mol. The summed E-state index contributed by atoms with van der Waals surface area (Å²) < 4.78 is 5.08. The largest absolute Gasteiger partial charge is 0.381 e. The molecule has 4 nitrogen and oxygen atoms in total. The number of aliphatic imine (C=N–C) groups is 2. The minimum Gasteiger partial charge on any atom is -0.381 e. The molecule has 1 aliphatic heterocycles. The predicted octanol–water partition coefficient (Wildman–Crippen LogP) is 1.06. The molecule has 1 heterocycles. The molecule has 0 saturated carbocycles. The summed E-state index contributed by atoms with van der Waals surface area (Å²) in [6, 6.07) is -0.406. The van der Waals surface area contributed by atoms with Crippen LogP contribution in [-0.2, 0) is 4.74 Å². The average molecular weight is 154 g/mol. The average Bonchev–Trinajstić information content (AvgIpc) is 2.37. The summed E-state index contributed by atoms with van der Waals surface area (Å²) in [4.78, 5) is 17.6. The zero-order valence-corrected chi connectivity index (χ0v) is 6.41. The van der Waals surface area contributed by atoms with Crippen LogP contribution in [0.25, 0.3) is 0 Å². The van der Waals surface area contributed by atoms with Gasteiger partial charge in [0.1, 0.15) is 0 Å². The van der Waals surface area contributed by atoms with Gasteiger partial charge in [-0.05, 0) is 6.92 Å². The lowest BCUT2D eigenvalue weighted by Crippen LogP contribution is -2.03. The van der Waals surface area contributed by atoms with Gasteiger partial charge in [-0.2, -0.15) is 9.98 Å². The van der Waals surface area contributed by atoms with Gasteiger partial charge in [0, 0.05) is 13.0 Å². The van der Waals surface area contributed by atoms with Gasteiger partial charge in [-0.25, -0.2) is 4.79 Å². The summed E-state index contributed by atoms with van der Waals surface area (Å²) in [7, 11) is 0. The Morgan fingerprint density at radius 1 is 1.64 bits per heavy atom. The lowest BCUT2D eigenvalue weighted by molar-refractivity contribution is 0.155. The van der Waals surface area contributed by atoms with E-state index >= 15 is 0 Å². The highest BCUT2D eigenvalue weighted by molar-refractivity contribution is 6.37. The van der Waals surface area contributed by atoms with Gasteiger partial charge < -0.3 is 4.74 Å². The van der Waals surface area contributed by atoms with E-state index in [2.05, 4.69) is 9.98 Å². The molecule has 0 spiro atoms. The van der Waals surface area contributed by atoms with E-state index in [0.717, 1.165) is 0 Å². The van der Waals surface area contributed by atoms with E-state index in [0.29, 0.717) is 25.3 Å². The van der Waals surface area contributed by atoms with Crippen molar-refractivity contribution in [3.05, 3.63) is 0 Å². The van der Waals surface area contributed by atoms with E-state index in [4.69, 9.17) is 4.74 Å². The molecule has 0 fully saturated rings. The van der Waals surface area contributed by atoms with Crippen molar-refractivity contribution in [3.63, 3.8) is 0 Å². The van der Waals surface area contributed by atoms with Crippen molar-refractivity contribution in [2.75, 3.05) is 13.2 Å². The van der Waals surface area contributed by atoms with E-state index in [1.54, 1.807) is 0 Å². The van der Waals surface area contributed by atoms with Gasteiger partial charge in [-0.1, -0.05) is 0 Å². The van der Waals surface area contributed by atoms with E-state index in [9.17, 15) is 4.79 Å². The molecule has 0 saturated heterocycles. The lowest BCUT2D eigenvalue weighted by Gasteiger charge is -1.96. The molecule has 0 N–H and O–H groups in total. The second kappa shape index (κ2) is 3.98. The summed E-state index contributed by atoms with van der Waals surface area (Å²) in [5, 5.41) is 0. The Hall–Kier alpha value is -1.03. The van der Waals surface area contributed by atoms with Crippen LogP contribution >= 0.6 is 0 Å². The molecular weight excluding hydrogens is 144 g/mol. The number of urea groups is 1. The van der Waals surface area contributed by atoms with Crippen LogP contribution in [0.5, 0.6) is 0 Å². The number of carbonyl (C=O) groups excluding carboxylic acids is 1. The molecule has 1 rings (SSSR count). The molecule has 0 aromatic rings. The van der Waals surface area contributed by atoms with Crippen molar-refractivity contribution in [1.29, 1.82) is 0 Å². The fourth-order valence-electron chi connectivity index (χ4n) is 0.752. The van der Waals surface area contributed by atoms with Crippen molar-refractivity contribution in [3.8, 4) is 0 Å². The fourth-order valence-corrected chi connectivity index (χ4v) is 0.752. The zero-order chi connectivity index (χ0) is 8.10. The molecule has 0 radical (unpaired) electrons. The lowest BCUT2D eigenvalue weighted by atomic mass is 10.3. The van der Waals surface area contributed by atoms with Crippen LogP contribution in [0, 0.1) is 0 Å². The molecule has 0 atom stereocenters. The van der Waals surface area contributed by atoms with E-state index in [1.807, 2.05) is 6.92 Å². The molecule has 60 valence electrons. The highest BCUT2D eigenvalue weighted by Crippen LogP contribution is 1.96. The van der Waals surface area contributed by atoms with Crippen LogP contribution in [0.2, 0.25) is 0 Å². The van der Waals surface area contributed by atoms with E-state index in [1.165, 1.54) is 6.21 Å². The van der Waals surface area contributed by atoms with Crippen molar-refractivity contribution >= 4 is 18.0 Å². The summed E-state index contributed by atoms with van der Waals surface area (Å²) in [6.45, 7) is 3.22. The number of ether oxygens (including phenoxy) is 1. The summed E-state index contributed by atoms with van der Waals surface area (Å²) in [5.74, 6) is 0. The van der Waals surface area contributed by atoms with Gasteiger partial charge in [0.05, 0.1) is 18.5 Å². The molecule has 0 bridgehead atoms.